The van der Waals surface area contributed by atoms with E-state index in [0.717, 1.165) is 28.4 Å². The van der Waals surface area contributed by atoms with Gasteiger partial charge in [-0.15, -0.1) is 10.2 Å². The van der Waals surface area contributed by atoms with Crippen molar-refractivity contribution in [2.24, 2.45) is 0 Å². The van der Waals surface area contributed by atoms with Gasteiger partial charge in [0.25, 0.3) is 0 Å². The second-order valence-corrected chi connectivity index (χ2v) is 7.99. The van der Waals surface area contributed by atoms with E-state index in [1.165, 1.54) is 11.8 Å². The van der Waals surface area contributed by atoms with Gasteiger partial charge in [-0.05, 0) is 43.7 Å². The van der Waals surface area contributed by atoms with Gasteiger partial charge in [0.1, 0.15) is 5.76 Å². The molecular weight excluding hydrogens is 408 g/mol. The summed E-state index contributed by atoms with van der Waals surface area (Å²) >= 11 is 1.39. The fourth-order valence-corrected chi connectivity index (χ4v) is 4.25. The molecule has 1 amide bonds. The van der Waals surface area contributed by atoms with E-state index >= 15 is 0 Å². The lowest BCUT2D eigenvalue weighted by Gasteiger charge is -2.20. The van der Waals surface area contributed by atoms with Crippen LogP contribution in [0.25, 0.3) is 11.4 Å². The fourth-order valence-electron chi connectivity index (χ4n) is 3.43. The Balaban J connectivity index is 1.59. The summed E-state index contributed by atoms with van der Waals surface area (Å²) in [4.78, 5) is 14.7. The van der Waals surface area contributed by atoms with Crippen LogP contribution in [0, 0.1) is 6.92 Å². The molecule has 0 aliphatic rings. The Labute approximate surface area is 185 Å². The Kier molecular flexibility index (Phi) is 6.52. The van der Waals surface area contributed by atoms with Gasteiger partial charge in [0.15, 0.2) is 11.0 Å². The summed E-state index contributed by atoms with van der Waals surface area (Å²) < 4.78 is 7.57. The molecular formula is C24H24N4O2S. The highest BCUT2D eigenvalue weighted by Gasteiger charge is 2.20. The highest BCUT2D eigenvalue weighted by atomic mass is 32.2. The van der Waals surface area contributed by atoms with Crippen LogP contribution < -0.4 is 4.90 Å². The van der Waals surface area contributed by atoms with Gasteiger partial charge < -0.3 is 9.32 Å². The maximum atomic E-state index is 12.9. The smallest absolute Gasteiger partial charge is 0.237 e. The Morgan fingerprint density at radius 1 is 1.03 bits per heavy atom. The fraction of sp³-hybridized carbons (Fsp3) is 0.208. The molecule has 158 valence electrons. The molecule has 4 aromatic rings. The number of carbonyl (C=O) groups is 1. The third-order valence-electron chi connectivity index (χ3n) is 5.01. The Morgan fingerprint density at radius 3 is 2.52 bits per heavy atom. The normalized spacial score (nSPS) is 10.9. The van der Waals surface area contributed by atoms with E-state index in [1.807, 2.05) is 72.2 Å². The average molecular weight is 433 g/mol. The summed E-state index contributed by atoms with van der Waals surface area (Å²) in [7, 11) is 0. The molecule has 0 fully saturated rings. The molecule has 0 saturated heterocycles. The molecule has 2 heterocycles. The minimum atomic E-state index is 0.0312. The zero-order valence-corrected chi connectivity index (χ0v) is 18.4. The van der Waals surface area contributed by atoms with Crippen molar-refractivity contribution in [3.63, 3.8) is 0 Å². The molecule has 0 unspecified atom stereocenters. The van der Waals surface area contributed by atoms with Crippen LogP contribution >= 0.6 is 11.8 Å². The van der Waals surface area contributed by atoms with Crippen LogP contribution in [0.1, 0.15) is 18.2 Å². The minimum Gasteiger partial charge on any atom is -0.467 e. The molecule has 0 saturated carbocycles. The lowest BCUT2D eigenvalue weighted by atomic mass is 10.1. The zero-order chi connectivity index (χ0) is 21.6. The number of anilines is 1. The third kappa shape index (κ3) is 4.72. The number of nitrogens with zero attached hydrogens (tertiary/aromatic N) is 4. The predicted octanol–water partition coefficient (Wildman–Crippen LogP) is 5.04. The number of hydrogen-bond donors (Lipinski definition) is 0. The largest absolute Gasteiger partial charge is 0.467 e. The van der Waals surface area contributed by atoms with E-state index in [2.05, 4.69) is 23.2 Å². The lowest BCUT2D eigenvalue weighted by Crippen LogP contribution is -2.32. The minimum absolute atomic E-state index is 0.0312. The third-order valence-corrected chi connectivity index (χ3v) is 5.96. The summed E-state index contributed by atoms with van der Waals surface area (Å²) in [6.45, 7) is 5.13. The van der Waals surface area contributed by atoms with E-state index < -0.39 is 0 Å². The highest BCUT2D eigenvalue weighted by Crippen LogP contribution is 2.28. The molecule has 0 atom stereocenters. The summed E-state index contributed by atoms with van der Waals surface area (Å²) in [5.41, 5.74) is 3.02. The number of thioether (sulfide) groups is 1. The standard InChI is InChI=1S/C24H24N4O2S/c1-3-27(19-11-5-4-6-12-19)22(29)17-31-24-26-25-23(21-14-8-7-10-18(21)2)28(24)16-20-13-9-15-30-20/h4-15H,3,16-17H2,1-2H3. The van der Waals surface area contributed by atoms with Gasteiger partial charge in [0.05, 0.1) is 18.6 Å². The van der Waals surface area contributed by atoms with Gasteiger partial charge in [0, 0.05) is 17.8 Å². The second kappa shape index (κ2) is 9.66. The number of para-hydroxylation sites is 1. The summed E-state index contributed by atoms with van der Waals surface area (Å²) in [6, 6.07) is 21.6. The molecule has 4 rings (SSSR count). The van der Waals surface area contributed by atoms with E-state index in [0.29, 0.717) is 18.2 Å². The second-order valence-electron chi connectivity index (χ2n) is 7.05. The number of aryl methyl sites for hydroxylation is 1. The monoisotopic (exact) mass is 432 g/mol. The highest BCUT2D eigenvalue weighted by molar-refractivity contribution is 7.99. The van der Waals surface area contributed by atoms with Crippen molar-refractivity contribution < 1.29 is 9.21 Å². The van der Waals surface area contributed by atoms with Crippen molar-refractivity contribution in [1.29, 1.82) is 0 Å². The van der Waals surface area contributed by atoms with Crippen LogP contribution in [0.15, 0.2) is 82.6 Å². The number of rotatable bonds is 8. The average Bonchev–Trinajstić information content (AvgIpc) is 3.44. The van der Waals surface area contributed by atoms with Gasteiger partial charge in [-0.3, -0.25) is 9.36 Å². The predicted molar refractivity (Wildman–Crippen MR) is 123 cm³/mol. The molecule has 0 aliphatic heterocycles. The van der Waals surface area contributed by atoms with Crippen LogP contribution in [-0.2, 0) is 11.3 Å². The van der Waals surface area contributed by atoms with Crippen LogP contribution in [0.2, 0.25) is 0 Å². The quantitative estimate of drug-likeness (QED) is 0.365. The van der Waals surface area contributed by atoms with Gasteiger partial charge in [0.2, 0.25) is 5.91 Å². The molecule has 7 heteroatoms. The van der Waals surface area contributed by atoms with Crippen molar-refractivity contribution >= 4 is 23.4 Å². The van der Waals surface area contributed by atoms with Gasteiger partial charge >= 0.3 is 0 Å². The topological polar surface area (TPSA) is 64.2 Å². The molecule has 0 bridgehead atoms. The van der Waals surface area contributed by atoms with Gasteiger partial charge in [-0.25, -0.2) is 0 Å². The Morgan fingerprint density at radius 2 is 1.81 bits per heavy atom. The number of furan rings is 1. The van der Waals surface area contributed by atoms with Gasteiger partial charge in [-0.2, -0.15) is 0 Å². The number of amides is 1. The summed E-state index contributed by atoms with van der Waals surface area (Å²) in [5.74, 6) is 1.87. The SMILES string of the molecule is CCN(C(=O)CSc1nnc(-c2ccccc2C)n1Cc1ccco1)c1ccccc1. The molecule has 31 heavy (non-hydrogen) atoms. The number of aromatic nitrogens is 3. The van der Waals surface area contributed by atoms with E-state index in [1.54, 1.807) is 11.2 Å². The van der Waals surface area contributed by atoms with Crippen molar-refractivity contribution in [2.75, 3.05) is 17.2 Å². The number of carbonyl (C=O) groups excluding carboxylic acids is 1. The molecule has 6 nitrogen and oxygen atoms in total. The van der Waals surface area contributed by atoms with Gasteiger partial charge in [-0.1, -0.05) is 54.2 Å². The maximum Gasteiger partial charge on any atom is 0.237 e. The molecule has 0 radical (unpaired) electrons. The Hall–Kier alpha value is -3.32. The first-order valence-corrected chi connectivity index (χ1v) is 11.2. The summed E-state index contributed by atoms with van der Waals surface area (Å²) in [5, 5.41) is 9.55. The first kappa shape index (κ1) is 20.9. The molecule has 2 aromatic carbocycles. The molecule has 0 N–H and O–H groups in total. The first-order chi connectivity index (χ1) is 15.2. The number of benzene rings is 2. The van der Waals surface area contributed by atoms with Crippen molar-refractivity contribution in [3.05, 3.63) is 84.3 Å². The first-order valence-electron chi connectivity index (χ1n) is 10.2. The molecule has 0 spiro atoms. The van der Waals surface area contributed by atoms with Crippen LogP contribution in [0.4, 0.5) is 5.69 Å². The summed E-state index contributed by atoms with van der Waals surface area (Å²) in [6.07, 6.45) is 1.66. The van der Waals surface area contributed by atoms with E-state index in [-0.39, 0.29) is 11.7 Å². The van der Waals surface area contributed by atoms with Crippen molar-refractivity contribution in [3.8, 4) is 11.4 Å². The van der Waals surface area contributed by atoms with Crippen LogP contribution in [0.3, 0.4) is 0 Å². The lowest BCUT2D eigenvalue weighted by molar-refractivity contribution is -0.116. The van der Waals surface area contributed by atoms with Crippen molar-refractivity contribution in [2.45, 2.75) is 25.5 Å². The molecule has 0 aliphatic carbocycles. The maximum absolute atomic E-state index is 12.9. The van der Waals surface area contributed by atoms with Crippen molar-refractivity contribution in [1.82, 2.24) is 14.8 Å². The zero-order valence-electron chi connectivity index (χ0n) is 17.6. The molecule has 2 aromatic heterocycles. The number of hydrogen-bond acceptors (Lipinski definition) is 5. The van der Waals surface area contributed by atoms with Crippen LogP contribution in [-0.4, -0.2) is 33.0 Å². The van der Waals surface area contributed by atoms with Crippen LogP contribution in [0.5, 0.6) is 0 Å². The Bertz CT molecular complexity index is 1140. The van der Waals surface area contributed by atoms with E-state index in [9.17, 15) is 4.79 Å². The van der Waals surface area contributed by atoms with E-state index in [4.69, 9.17) is 4.42 Å².